The Balaban J connectivity index is 1.56. The molecular weight excluding hydrogens is 451 g/mol. The summed E-state index contributed by atoms with van der Waals surface area (Å²) in [5.41, 5.74) is 1.84. The van der Waals surface area contributed by atoms with Crippen LogP contribution in [-0.4, -0.2) is 40.2 Å². The molecule has 0 unspecified atom stereocenters. The molecule has 2 aromatic carbocycles. The van der Waals surface area contributed by atoms with Crippen molar-refractivity contribution in [1.29, 1.82) is 0 Å². The first-order chi connectivity index (χ1) is 15.3. The zero-order valence-electron chi connectivity index (χ0n) is 17.4. The van der Waals surface area contributed by atoms with Crippen molar-refractivity contribution in [2.75, 3.05) is 6.61 Å². The maximum Gasteiger partial charge on any atom is 0.326 e. The molecule has 1 amide bonds. The summed E-state index contributed by atoms with van der Waals surface area (Å²) in [6.45, 7) is 2.19. The Labute approximate surface area is 195 Å². The van der Waals surface area contributed by atoms with Crippen LogP contribution in [0, 0.1) is 0 Å². The van der Waals surface area contributed by atoms with Crippen LogP contribution in [0.2, 0.25) is 10.0 Å². The van der Waals surface area contributed by atoms with Gasteiger partial charge in [0.25, 0.3) is 5.91 Å². The topological polar surface area (TPSA) is 88.5 Å². The second kappa shape index (κ2) is 9.06. The molecule has 4 rings (SSSR count). The first kappa shape index (κ1) is 22.5. The highest BCUT2D eigenvalue weighted by Gasteiger charge is 2.39. The Morgan fingerprint density at radius 2 is 1.94 bits per heavy atom. The number of hydrogen-bond donors (Lipinski definition) is 2. The number of carbonyl (C=O) groups is 2. The van der Waals surface area contributed by atoms with E-state index in [0.717, 1.165) is 22.9 Å². The molecule has 0 aliphatic carbocycles. The minimum atomic E-state index is -1.10. The number of benzene rings is 2. The van der Waals surface area contributed by atoms with Crippen LogP contribution in [0.4, 0.5) is 0 Å². The van der Waals surface area contributed by atoms with Gasteiger partial charge in [-0.3, -0.25) is 4.79 Å². The molecule has 2 atom stereocenters. The second-order valence-electron chi connectivity index (χ2n) is 8.07. The number of carboxylic acid groups (broad SMARTS) is 1. The Morgan fingerprint density at radius 3 is 2.59 bits per heavy atom. The lowest BCUT2D eigenvalue weighted by Crippen LogP contribution is -2.51. The molecule has 1 aromatic heterocycles. The molecule has 0 bridgehead atoms. The van der Waals surface area contributed by atoms with E-state index in [1.807, 2.05) is 30.3 Å². The number of aromatic nitrogens is 1. The van der Waals surface area contributed by atoms with Crippen LogP contribution in [-0.2, 0) is 20.7 Å². The monoisotopic (exact) mass is 472 g/mol. The van der Waals surface area contributed by atoms with Crippen molar-refractivity contribution in [3.8, 4) is 11.3 Å². The number of pyridine rings is 1. The Bertz CT molecular complexity index is 1170. The number of amides is 1. The van der Waals surface area contributed by atoms with Gasteiger partial charge in [-0.2, -0.15) is 0 Å². The number of carbonyl (C=O) groups excluding carboxylic acids is 1. The number of rotatable bonds is 6. The number of aliphatic carboxylic acids is 1. The zero-order chi connectivity index (χ0) is 22.9. The predicted molar refractivity (Wildman–Crippen MR) is 124 cm³/mol. The van der Waals surface area contributed by atoms with Crippen LogP contribution in [0.15, 0.2) is 48.5 Å². The van der Waals surface area contributed by atoms with Crippen LogP contribution >= 0.6 is 23.2 Å². The van der Waals surface area contributed by atoms with Gasteiger partial charge in [-0.15, -0.1) is 0 Å². The fourth-order valence-corrected chi connectivity index (χ4v) is 4.48. The average molecular weight is 473 g/mol. The van der Waals surface area contributed by atoms with Crippen molar-refractivity contribution in [2.45, 2.75) is 37.8 Å². The normalized spacial score (nSPS) is 19.1. The number of hydrogen-bond acceptors (Lipinski definition) is 4. The van der Waals surface area contributed by atoms with Gasteiger partial charge in [-0.25, -0.2) is 9.78 Å². The molecule has 0 saturated carbocycles. The van der Waals surface area contributed by atoms with Crippen LogP contribution in [0.25, 0.3) is 22.2 Å². The first-order valence-corrected chi connectivity index (χ1v) is 11.0. The van der Waals surface area contributed by atoms with Gasteiger partial charge in [-0.05, 0) is 55.7 Å². The molecule has 8 heteroatoms. The highest BCUT2D eigenvalue weighted by atomic mass is 35.5. The zero-order valence-corrected chi connectivity index (χ0v) is 18.9. The highest BCUT2D eigenvalue weighted by molar-refractivity contribution is 6.39. The van der Waals surface area contributed by atoms with E-state index < -0.39 is 23.5 Å². The second-order valence-corrected chi connectivity index (χ2v) is 8.89. The van der Waals surface area contributed by atoms with E-state index in [9.17, 15) is 14.7 Å². The number of carboxylic acids is 1. The quantitative estimate of drug-likeness (QED) is 0.532. The molecular formula is C24H22Cl2N2O4. The van der Waals surface area contributed by atoms with Gasteiger partial charge in [0.15, 0.2) is 0 Å². The maximum atomic E-state index is 12.6. The third-order valence-electron chi connectivity index (χ3n) is 5.71. The van der Waals surface area contributed by atoms with E-state index in [-0.39, 0.29) is 6.42 Å². The fourth-order valence-electron chi connectivity index (χ4n) is 3.89. The van der Waals surface area contributed by atoms with E-state index in [2.05, 4.69) is 10.3 Å². The van der Waals surface area contributed by atoms with Gasteiger partial charge in [0.05, 0.1) is 21.3 Å². The molecule has 1 aliphatic rings. The number of fused-ring (bicyclic) bond motifs is 1. The number of halogens is 2. The van der Waals surface area contributed by atoms with E-state index in [4.69, 9.17) is 27.9 Å². The summed E-state index contributed by atoms with van der Waals surface area (Å²) >= 11 is 12.6. The largest absolute Gasteiger partial charge is 0.480 e. The van der Waals surface area contributed by atoms with Gasteiger partial charge in [-0.1, -0.05) is 41.4 Å². The van der Waals surface area contributed by atoms with Gasteiger partial charge in [0.2, 0.25) is 0 Å². The van der Waals surface area contributed by atoms with E-state index in [1.165, 1.54) is 0 Å². The van der Waals surface area contributed by atoms with Crippen molar-refractivity contribution < 1.29 is 19.4 Å². The maximum absolute atomic E-state index is 12.6. The van der Waals surface area contributed by atoms with Crippen molar-refractivity contribution in [2.24, 2.45) is 0 Å². The van der Waals surface area contributed by atoms with Crippen LogP contribution in [0.3, 0.4) is 0 Å². The van der Waals surface area contributed by atoms with Crippen LogP contribution in [0.1, 0.15) is 25.3 Å². The van der Waals surface area contributed by atoms with Gasteiger partial charge in [0.1, 0.15) is 11.6 Å². The minimum absolute atomic E-state index is 0.144. The minimum Gasteiger partial charge on any atom is -0.480 e. The van der Waals surface area contributed by atoms with Crippen molar-refractivity contribution >= 4 is 46.0 Å². The molecule has 2 heterocycles. The van der Waals surface area contributed by atoms with Gasteiger partial charge in [0, 0.05) is 24.0 Å². The lowest BCUT2D eigenvalue weighted by atomic mass is 9.99. The smallest absolute Gasteiger partial charge is 0.326 e. The molecule has 32 heavy (non-hydrogen) atoms. The third-order valence-corrected chi connectivity index (χ3v) is 6.34. The lowest BCUT2D eigenvalue weighted by Gasteiger charge is -2.24. The van der Waals surface area contributed by atoms with Crippen molar-refractivity contribution in [3.63, 3.8) is 0 Å². The number of ether oxygens (including phenoxy) is 1. The first-order valence-electron chi connectivity index (χ1n) is 10.3. The van der Waals surface area contributed by atoms with Crippen molar-refractivity contribution in [1.82, 2.24) is 10.3 Å². The fraction of sp³-hybridized carbons (Fsp3) is 0.292. The molecule has 3 aromatic rings. The Kier molecular flexibility index (Phi) is 6.38. The third kappa shape index (κ3) is 4.58. The molecule has 1 saturated heterocycles. The molecule has 0 radical (unpaired) electrons. The summed E-state index contributed by atoms with van der Waals surface area (Å²) in [4.78, 5) is 29.0. The SMILES string of the molecule is C[C@]1(C(=O)N[C@@H](Cc2ccc3nc(-c4c(Cl)cccc4Cl)ccc3c2)C(=O)O)CCCO1. The molecule has 1 fully saturated rings. The summed E-state index contributed by atoms with van der Waals surface area (Å²) < 4.78 is 5.52. The van der Waals surface area contributed by atoms with E-state index in [1.54, 1.807) is 25.1 Å². The summed E-state index contributed by atoms with van der Waals surface area (Å²) in [7, 11) is 0. The lowest BCUT2D eigenvalue weighted by molar-refractivity contribution is -0.147. The summed E-state index contributed by atoms with van der Waals surface area (Å²) in [5.74, 6) is -1.49. The Morgan fingerprint density at radius 1 is 1.19 bits per heavy atom. The molecule has 2 N–H and O–H groups in total. The van der Waals surface area contributed by atoms with Crippen LogP contribution < -0.4 is 5.32 Å². The summed E-state index contributed by atoms with van der Waals surface area (Å²) in [6, 6.07) is 13.5. The Hall–Kier alpha value is -2.67. The summed E-state index contributed by atoms with van der Waals surface area (Å²) in [6.07, 6.45) is 1.50. The van der Waals surface area contributed by atoms with Gasteiger partial charge < -0.3 is 15.2 Å². The van der Waals surface area contributed by atoms with E-state index >= 15 is 0 Å². The number of nitrogens with zero attached hydrogens (tertiary/aromatic N) is 1. The molecule has 0 spiro atoms. The molecule has 6 nitrogen and oxygen atoms in total. The van der Waals surface area contributed by atoms with Crippen LogP contribution in [0.5, 0.6) is 0 Å². The standard InChI is InChI=1S/C24H22Cl2N2O4/c1-24(10-3-11-32-24)23(31)28-20(22(29)30)13-14-6-8-18-15(12-14)7-9-19(27-18)21-16(25)4-2-5-17(21)26/h2,4-9,12,20H,3,10-11,13H2,1H3,(H,28,31)(H,29,30)/t20-,24+/m0/s1. The molecule has 1 aliphatic heterocycles. The van der Waals surface area contributed by atoms with Crippen molar-refractivity contribution in [3.05, 3.63) is 64.1 Å². The highest BCUT2D eigenvalue weighted by Crippen LogP contribution is 2.34. The van der Waals surface area contributed by atoms with Gasteiger partial charge >= 0.3 is 5.97 Å². The number of nitrogens with one attached hydrogen (secondary N) is 1. The predicted octanol–water partition coefficient (Wildman–Crippen LogP) is 4.89. The average Bonchev–Trinajstić information content (AvgIpc) is 3.21. The summed E-state index contributed by atoms with van der Waals surface area (Å²) in [5, 5.41) is 14.1. The molecule has 166 valence electrons. The van der Waals surface area contributed by atoms with E-state index in [0.29, 0.717) is 34.3 Å².